The molecule has 0 aliphatic carbocycles. The zero-order chi connectivity index (χ0) is 17.7. The van der Waals surface area contributed by atoms with E-state index in [1.54, 1.807) is 0 Å². The second-order valence-electron chi connectivity index (χ2n) is 6.17. The predicted molar refractivity (Wildman–Crippen MR) is 115 cm³/mol. The lowest BCUT2D eigenvalue weighted by molar-refractivity contribution is 1.15. The third-order valence-electron chi connectivity index (χ3n) is 4.68. The molecule has 26 heavy (non-hydrogen) atoms. The number of benzene rings is 3. The standard InChI is InChI=1S/C22H13IN2O/c23-19-15-10-4-5-11-16(15)21-24-22(26)17-12-6-7-13-18(17)25(21)20(19)14-8-2-1-3-9-14/h1-13H. The number of para-hydroxylation sites is 1. The molecule has 0 radical (unpaired) electrons. The number of hydrogen-bond acceptors (Lipinski definition) is 2. The number of hydrogen-bond donors (Lipinski definition) is 0. The van der Waals surface area contributed by atoms with Crippen LogP contribution in [0.5, 0.6) is 0 Å². The lowest BCUT2D eigenvalue weighted by Crippen LogP contribution is -2.13. The van der Waals surface area contributed by atoms with Gasteiger partial charge in [0.2, 0.25) is 0 Å². The predicted octanol–water partition coefficient (Wildman–Crippen LogP) is 5.27. The molecule has 2 heterocycles. The minimum absolute atomic E-state index is 0.189. The van der Waals surface area contributed by atoms with Crippen LogP contribution in [-0.4, -0.2) is 9.38 Å². The van der Waals surface area contributed by atoms with Gasteiger partial charge in [-0.1, -0.05) is 66.7 Å². The highest BCUT2D eigenvalue weighted by molar-refractivity contribution is 14.1. The van der Waals surface area contributed by atoms with E-state index >= 15 is 0 Å². The molecule has 0 atom stereocenters. The van der Waals surface area contributed by atoms with Crippen LogP contribution in [0.4, 0.5) is 0 Å². The molecule has 3 aromatic carbocycles. The maximum absolute atomic E-state index is 12.6. The van der Waals surface area contributed by atoms with Crippen molar-refractivity contribution in [3.63, 3.8) is 0 Å². The summed E-state index contributed by atoms with van der Waals surface area (Å²) in [6, 6.07) is 26.1. The summed E-state index contributed by atoms with van der Waals surface area (Å²) >= 11 is 2.40. The molecular formula is C22H13IN2O. The zero-order valence-electron chi connectivity index (χ0n) is 13.7. The lowest BCUT2D eigenvalue weighted by atomic mass is 10.1. The highest BCUT2D eigenvalue weighted by atomic mass is 127. The topological polar surface area (TPSA) is 34.4 Å². The Morgan fingerprint density at radius 2 is 1.35 bits per heavy atom. The number of aromatic nitrogens is 2. The summed E-state index contributed by atoms with van der Waals surface area (Å²) in [5, 5.41) is 2.72. The first kappa shape index (κ1) is 15.5. The Labute approximate surface area is 163 Å². The highest BCUT2D eigenvalue weighted by Crippen LogP contribution is 2.34. The van der Waals surface area contributed by atoms with E-state index in [4.69, 9.17) is 0 Å². The van der Waals surface area contributed by atoms with Crippen molar-refractivity contribution >= 4 is 49.9 Å². The first-order valence-corrected chi connectivity index (χ1v) is 9.41. The second-order valence-corrected chi connectivity index (χ2v) is 7.25. The maximum atomic E-state index is 12.6. The van der Waals surface area contributed by atoms with Crippen molar-refractivity contribution in [3.8, 4) is 11.3 Å². The van der Waals surface area contributed by atoms with E-state index in [-0.39, 0.29) is 5.56 Å². The Bertz CT molecular complexity index is 1360. The van der Waals surface area contributed by atoms with Crippen LogP contribution in [0.3, 0.4) is 0 Å². The Hall–Kier alpha value is -2.73. The van der Waals surface area contributed by atoms with Gasteiger partial charge in [0.05, 0.1) is 16.6 Å². The van der Waals surface area contributed by atoms with Gasteiger partial charge < -0.3 is 0 Å². The molecule has 0 fully saturated rings. The van der Waals surface area contributed by atoms with Crippen LogP contribution in [0, 0.1) is 3.57 Å². The van der Waals surface area contributed by atoms with Crippen LogP contribution in [-0.2, 0) is 0 Å². The molecule has 0 amide bonds. The fourth-order valence-corrected chi connectivity index (χ4v) is 4.55. The summed E-state index contributed by atoms with van der Waals surface area (Å²) in [7, 11) is 0. The quantitative estimate of drug-likeness (QED) is 0.259. The Balaban J connectivity index is 2.16. The van der Waals surface area contributed by atoms with Crippen LogP contribution < -0.4 is 5.56 Å². The van der Waals surface area contributed by atoms with Gasteiger partial charge in [-0.05, 0) is 40.3 Å². The van der Waals surface area contributed by atoms with Crippen LogP contribution in [0.2, 0.25) is 0 Å². The average Bonchev–Trinajstić information content (AvgIpc) is 2.70. The molecule has 2 aromatic heterocycles. The van der Waals surface area contributed by atoms with Crippen LogP contribution in [0.25, 0.3) is 38.6 Å². The molecule has 0 aliphatic rings. The molecule has 0 aliphatic heterocycles. The fraction of sp³-hybridized carbons (Fsp3) is 0. The SMILES string of the molecule is O=c1nc2c3ccccc3c(I)c(-c3ccccc3)n2c2ccccc12. The number of pyridine rings is 1. The van der Waals surface area contributed by atoms with Crippen LogP contribution in [0.15, 0.2) is 83.7 Å². The second kappa shape index (κ2) is 5.92. The van der Waals surface area contributed by atoms with Crippen molar-refractivity contribution in [1.29, 1.82) is 0 Å². The number of rotatable bonds is 1. The molecule has 0 unspecified atom stereocenters. The third-order valence-corrected chi connectivity index (χ3v) is 5.77. The fourth-order valence-electron chi connectivity index (χ4n) is 3.52. The number of fused-ring (bicyclic) bond motifs is 5. The first-order chi connectivity index (χ1) is 12.8. The van der Waals surface area contributed by atoms with Gasteiger partial charge in [-0.25, -0.2) is 0 Å². The molecule has 3 nitrogen and oxygen atoms in total. The average molecular weight is 448 g/mol. The molecule has 0 saturated heterocycles. The monoisotopic (exact) mass is 448 g/mol. The van der Waals surface area contributed by atoms with Gasteiger partial charge in [0.1, 0.15) is 5.65 Å². The van der Waals surface area contributed by atoms with Gasteiger partial charge in [-0.3, -0.25) is 9.20 Å². The highest BCUT2D eigenvalue weighted by Gasteiger charge is 2.17. The molecule has 5 rings (SSSR count). The Morgan fingerprint density at radius 1 is 0.731 bits per heavy atom. The number of halogens is 1. The van der Waals surface area contributed by atoms with Crippen molar-refractivity contribution < 1.29 is 0 Å². The van der Waals surface area contributed by atoms with Gasteiger partial charge in [-0.15, -0.1) is 0 Å². The molecule has 5 aromatic rings. The summed E-state index contributed by atoms with van der Waals surface area (Å²) in [4.78, 5) is 17.1. The van der Waals surface area contributed by atoms with E-state index < -0.39 is 0 Å². The lowest BCUT2D eigenvalue weighted by Gasteiger charge is -2.17. The molecule has 124 valence electrons. The first-order valence-electron chi connectivity index (χ1n) is 8.33. The van der Waals surface area contributed by atoms with Gasteiger partial charge in [0.15, 0.2) is 0 Å². The van der Waals surface area contributed by atoms with Crippen molar-refractivity contribution in [3.05, 3.63) is 92.8 Å². The van der Waals surface area contributed by atoms with Crippen molar-refractivity contribution in [1.82, 2.24) is 9.38 Å². The smallest absolute Gasteiger partial charge is 0.281 e. The van der Waals surface area contributed by atoms with Crippen LogP contribution >= 0.6 is 22.6 Å². The summed E-state index contributed by atoms with van der Waals surface area (Å²) in [6.07, 6.45) is 0. The van der Waals surface area contributed by atoms with Crippen molar-refractivity contribution in [2.24, 2.45) is 0 Å². The minimum Gasteiger partial charge on any atom is -0.292 e. The molecule has 0 saturated carbocycles. The number of nitrogens with zero attached hydrogens (tertiary/aromatic N) is 2. The van der Waals surface area contributed by atoms with E-state index in [1.165, 1.54) is 0 Å². The van der Waals surface area contributed by atoms with Gasteiger partial charge in [0.25, 0.3) is 5.56 Å². The van der Waals surface area contributed by atoms with Crippen molar-refractivity contribution in [2.45, 2.75) is 0 Å². The van der Waals surface area contributed by atoms with E-state index in [0.29, 0.717) is 11.0 Å². The molecule has 0 spiro atoms. The normalized spacial score (nSPS) is 11.4. The zero-order valence-corrected chi connectivity index (χ0v) is 15.8. The largest absolute Gasteiger partial charge is 0.292 e. The summed E-state index contributed by atoms with van der Waals surface area (Å²) in [5.74, 6) is 0. The Morgan fingerprint density at radius 3 is 2.12 bits per heavy atom. The molecule has 4 heteroatoms. The summed E-state index contributed by atoms with van der Waals surface area (Å²) < 4.78 is 3.27. The molecule has 0 bridgehead atoms. The van der Waals surface area contributed by atoms with E-state index in [9.17, 15) is 4.79 Å². The minimum atomic E-state index is -0.189. The maximum Gasteiger partial charge on any atom is 0.281 e. The van der Waals surface area contributed by atoms with Gasteiger partial charge in [0, 0.05) is 14.3 Å². The van der Waals surface area contributed by atoms with Gasteiger partial charge in [-0.2, -0.15) is 4.98 Å². The Kier molecular flexibility index (Phi) is 3.53. The molecule has 0 N–H and O–H groups in total. The van der Waals surface area contributed by atoms with E-state index in [1.807, 2.05) is 60.7 Å². The van der Waals surface area contributed by atoms with Crippen molar-refractivity contribution in [2.75, 3.05) is 0 Å². The summed E-state index contributed by atoms with van der Waals surface area (Å²) in [6.45, 7) is 0. The van der Waals surface area contributed by atoms with Crippen LogP contribution in [0.1, 0.15) is 0 Å². The summed E-state index contributed by atoms with van der Waals surface area (Å²) in [5.41, 5.74) is 3.55. The van der Waals surface area contributed by atoms with E-state index in [2.05, 4.69) is 50.2 Å². The van der Waals surface area contributed by atoms with Gasteiger partial charge >= 0.3 is 0 Å². The third kappa shape index (κ3) is 2.18. The van der Waals surface area contributed by atoms with E-state index in [0.717, 1.165) is 31.1 Å². The molecular weight excluding hydrogens is 435 g/mol.